The number of carbonyl (C=O) groups is 1. The van der Waals surface area contributed by atoms with Gasteiger partial charge in [0.1, 0.15) is 5.56 Å². The van der Waals surface area contributed by atoms with Gasteiger partial charge in [0, 0.05) is 30.6 Å². The molecule has 3 rings (SSSR count). The van der Waals surface area contributed by atoms with E-state index in [9.17, 15) is 14.9 Å². The van der Waals surface area contributed by atoms with Crippen LogP contribution in [-0.4, -0.2) is 46.0 Å². The smallest absolute Gasteiger partial charge is 0.285 e. The van der Waals surface area contributed by atoms with Gasteiger partial charge in [-0.05, 0) is 26.8 Å². The number of nitro groups is 1. The number of aryl methyl sites for hydroxylation is 1. The average molecular weight is 390 g/mol. The summed E-state index contributed by atoms with van der Waals surface area (Å²) >= 11 is 1.31. The van der Waals surface area contributed by atoms with Gasteiger partial charge in [-0.25, -0.2) is 4.98 Å². The summed E-state index contributed by atoms with van der Waals surface area (Å²) in [4.78, 5) is 30.0. The minimum absolute atomic E-state index is 0.0348. The summed E-state index contributed by atoms with van der Waals surface area (Å²) in [6.45, 7) is 8.04. The van der Waals surface area contributed by atoms with Crippen LogP contribution in [-0.2, 0) is 11.3 Å². The van der Waals surface area contributed by atoms with Gasteiger partial charge < -0.3 is 4.74 Å². The summed E-state index contributed by atoms with van der Waals surface area (Å²) in [7, 11) is 0. The molecule has 2 unspecified atom stereocenters. The normalized spacial score (nSPS) is 20.4. The zero-order chi connectivity index (χ0) is 19.6. The number of thiazole rings is 1. The Morgan fingerprint density at radius 3 is 2.78 bits per heavy atom. The van der Waals surface area contributed by atoms with Crippen molar-refractivity contribution in [3.05, 3.63) is 50.5 Å². The third kappa shape index (κ3) is 4.68. The first-order valence-electron chi connectivity index (χ1n) is 8.71. The van der Waals surface area contributed by atoms with Crippen LogP contribution in [0.5, 0.6) is 0 Å². The number of para-hydroxylation sites is 1. The molecule has 0 saturated carbocycles. The lowest BCUT2D eigenvalue weighted by molar-refractivity contribution is -0.385. The van der Waals surface area contributed by atoms with Crippen LogP contribution in [0.4, 0.5) is 10.8 Å². The number of hydrogen-bond donors (Lipinski definition) is 1. The number of aromatic nitrogens is 1. The highest BCUT2D eigenvalue weighted by atomic mass is 32.1. The molecule has 9 heteroatoms. The molecule has 1 saturated heterocycles. The fraction of sp³-hybridized carbons (Fsp3) is 0.444. The van der Waals surface area contributed by atoms with Crippen molar-refractivity contribution in [2.75, 3.05) is 18.4 Å². The first-order chi connectivity index (χ1) is 12.8. The van der Waals surface area contributed by atoms with Crippen LogP contribution in [0, 0.1) is 17.0 Å². The van der Waals surface area contributed by atoms with Gasteiger partial charge >= 0.3 is 0 Å². The largest absolute Gasteiger partial charge is 0.373 e. The number of benzene rings is 1. The van der Waals surface area contributed by atoms with E-state index in [0.29, 0.717) is 17.2 Å². The minimum atomic E-state index is -0.529. The summed E-state index contributed by atoms with van der Waals surface area (Å²) in [5, 5.41) is 16.3. The van der Waals surface area contributed by atoms with E-state index in [4.69, 9.17) is 4.74 Å². The number of nitro benzene ring substituents is 1. The molecule has 2 heterocycles. The number of carbonyl (C=O) groups excluding carboxylic acids is 1. The molecule has 0 spiro atoms. The lowest BCUT2D eigenvalue weighted by Gasteiger charge is -2.34. The van der Waals surface area contributed by atoms with Crippen molar-refractivity contribution in [1.29, 1.82) is 0 Å². The summed E-state index contributed by atoms with van der Waals surface area (Å²) < 4.78 is 5.73. The highest BCUT2D eigenvalue weighted by molar-refractivity contribution is 7.14. The second kappa shape index (κ2) is 8.12. The molecule has 2 aromatic rings. The lowest BCUT2D eigenvalue weighted by atomic mass is 10.1. The van der Waals surface area contributed by atoms with Gasteiger partial charge in [0.2, 0.25) is 0 Å². The predicted octanol–water partition coefficient (Wildman–Crippen LogP) is 3.22. The van der Waals surface area contributed by atoms with Gasteiger partial charge in [-0.3, -0.25) is 25.1 Å². The second-order valence-corrected chi connectivity index (χ2v) is 7.64. The molecule has 2 atom stereocenters. The van der Waals surface area contributed by atoms with E-state index in [0.717, 1.165) is 18.8 Å². The van der Waals surface area contributed by atoms with Crippen LogP contribution in [0.1, 0.15) is 35.5 Å². The molecule has 1 amide bonds. The van der Waals surface area contributed by atoms with E-state index in [2.05, 4.69) is 15.2 Å². The molecule has 0 radical (unpaired) electrons. The second-order valence-electron chi connectivity index (χ2n) is 6.78. The molecule has 1 aliphatic heterocycles. The monoisotopic (exact) mass is 390 g/mol. The van der Waals surface area contributed by atoms with Crippen molar-refractivity contribution in [3.63, 3.8) is 0 Å². The number of amides is 1. The fourth-order valence-electron chi connectivity index (χ4n) is 3.33. The Morgan fingerprint density at radius 1 is 1.41 bits per heavy atom. The Morgan fingerprint density at radius 2 is 2.11 bits per heavy atom. The third-order valence-corrected chi connectivity index (χ3v) is 5.12. The van der Waals surface area contributed by atoms with Gasteiger partial charge in [0.25, 0.3) is 11.6 Å². The molecule has 1 aliphatic rings. The van der Waals surface area contributed by atoms with Gasteiger partial charge in [0.05, 0.1) is 22.8 Å². The van der Waals surface area contributed by atoms with E-state index in [-0.39, 0.29) is 23.5 Å². The van der Waals surface area contributed by atoms with Crippen molar-refractivity contribution in [2.45, 2.75) is 39.5 Å². The zero-order valence-electron chi connectivity index (χ0n) is 15.5. The first kappa shape index (κ1) is 19.4. The van der Waals surface area contributed by atoms with Gasteiger partial charge in [-0.15, -0.1) is 11.3 Å². The van der Waals surface area contributed by atoms with E-state index in [1.165, 1.54) is 17.4 Å². The van der Waals surface area contributed by atoms with Crippen molar-refractivity contribution < 1.29 is 14.5 Å². The standard InChI is InChI=1S/C18H22N4O4S/c1-11-5-4-6-15(16(11)22(24)25)17(23)20-18-19-14(10-27-18)9-21-7-12(2)26-13(3)8-21/h4-6,10,12-13H,7-9H2,1-3H3,(H,19,20,23). The molecular formula is C18H22N4O4S. The number of nitrogens with one attached hydrogen (secondary N) is 1. The Kier molecular flexibility index (Phi) is 5.83. The Balaban J connectivity index is 1.68. The molecular weight excluding hydrogens is 368 g/mol. The first-order valence-corrected chi connectivity index (χ1v) is 9.59. The molecule has 8 nitrogen and oxygen atoms in total. The highest BCUT2D eigenvalue weighted by Crippen LogP contribution is 2.25. The van der Waals surface area contributed by atoms with Crippen LogP contribution >= 0.6 is 11.3 Å². The summed E-state index contributed by atoms with van der Waals surface area (Å²) in [6.07, 6.45) is 0.349. The number of nitrogens with zero attached hydrogens (tertiary/aromatic N) is 3. The topological polar surface area (TPSA) is 97.6 Å². The number of hydrogen-bond acceptors (Lipinski definition) is 7. The maximum atomic E-state index is 12.5. The number of rotatable bonds is 5. The predicted molar refractivity (Wildman–Crippen MR) is 103 cm³/mol. The molecule has 1 fully saturated rings. The number of anilines is 1. The van der Waals surface area contributed by atoms with Crippen molar-refractivity contribution in [3.8, 4) is 0 Å². The minimum Gasteiger partial charge on any atom is -0.373 e. The SMILES string of the molecule is Cc1cccc(C(=O)Nc2nc(CN3CC(C)OC(C)C3)cs2)c1[N+](=O)[O-]. The maximum Gasteiger partial charge on any atom is 0.285 e. The molecule has 1 aromatic heterocycles. The van der Waals surface area contributed by atoms with Gasteiger partial charge in [-0.1, -0.05) is 12.1 Å². The molecule has 0 aliphatic carbocycles. The molecule has 1 aromatic carbocycles. The molecule has 1 N–H and O–H groups in total. The molecule has 27 heavy (non-hydrogen) atoms. The summed E-state index contributed by atoms with van der Waals surface area (Å²) in [6, 6.07) is 4.69. The van der Waals surface area contributed by atoms with Crippen molar-refractivity contribution >= 4 is 28.1 Å². The average Bonchev–Trinajstić information content (AvgIpc) is 3.00. The van der Waals surface area contributed by atoms with Crippen LogP contribution in [0.15, 0.2) is 23.6 Å². The molecule has 144 valence electrons. The van der Waals surface area contributed by atoms with Gasteiger partial charge in [-0.2, -0.15) is 0 Å². The Hall–Kier alpha value is -2.36. The van der Waals surface area contributed by atoms with Crippen molar-refractivity contribution in [2.24, 2.45) is 0 Å². The fourth-order valence-corrected chi connectivity index (χ4v) is 4.03. The Labute approximate surface area is 161 Å². The van der Waals surface area contributed by atoms with E-state index in [1.54, 1.807) is 19.1 Å². The third-order valence-electron chi connectivity index (χ3n) is 4.32. The van der Waals surface area contributed by atoms with E-state index < -0.39 is 10.8 Å². The lowest BCUT2D eigenvalue weighted by Crippen LogP contribution is -2.44. The van der Waals surface area contributed by atoms with E-state index in [1.807, 2.05) is 19.2 Å². The quantitative estimate of drug-likeness (QED) is 0.622. The van der Waals surface area contributed by atoms with Crippen molar-refractivity contribution in [1.82, 2.24) is 9.88 Å². The highest BCUT2D eigenvalue weighted by Gasteiger charge is 2.24. The van der Waals surface area contributed by atoms with Gasteiger partial charge in [0.15, 0.2) is 5.13 Å². The number of morpholine rings is 1. The van der Waals surface area contributed by atoms with Crippen LogP contribution in [0.25, 0.3) is 0 Å². The summed E-state index contributed by atoms with van der Waals surface area (Å²) in [5.74, 6) is -0.528. The number of ether oxygens (including phenoxy) is 1. The van der Waals surface area contributed by atoms with Crippen LogP contribution in [0.3, 0.4) is 0 Å². The van der Waals surface area contributed by atoms with E-state index >= 15 is 0 Å². The Bertz CT molecular complexity index is 844. The zero-order valence-corrected chi connectivity index (χ0v) is 16.3. The summed E-state index contributed by atoms with van der Waals surface area (Å²) in [5.41, 5.74) is 1.16. The van der Waals surface area contributed by atoms with Crippen LogP contribution < -0.4 is 5.32 Å². The molecule has 0 bridgehead atoms. The maximum absolute atomic E-state index is 12.5. The van der Waals surface area contributed by atoms with Crippen LogP contribution in [0.2, 0.25) is 0 Å².